The fraction of sp³-hybridized carbons (Fsp3) is 0.188. The van der Waals surface area contributed by atoms with Crippen LogP contribution < -0.4 is 15.8 Å². The van der Waals surface area contributed by atoms with Gasteiger partial charge in [-0.3, -0.25) is 4.79 Å². The Labute approximate surface area is 122 Å². The maximum Gasteiger partial charge on any atom is 0.224 e. The number of benzene rings is 2. The molecule has 5 heteroatoms. The molecule has 0 saturated heterocycles. The van der Waals surface area contributed by atoms with Gasteiger partial charge in [-0.1, -0.05) is 0 Å². The summed E-state index contributed by atoms with van der Waals surface area (Å²) in [5.41, 5.74) is 6.94. The number of hydrogen-bond donors (Lipinski definition) is 2. The maximum atomic E-state index is 12.7. The zero-order valence-corrected chi connectivity index (χ0v) is 11.5. The van der Waals surface area contributed by atoms with Crippen LogP contribution >= 0.6 is 0 Å². The second-order valence-corrected chi connectivity index (χ2v) is 4.58. The van der Waals surface area contributed by atoms with E-state index in [1.165, 1.54) is 12.1 Å². The van der Waals surface area contributed by atoms with Crippen LogP contribution in [0.4, 0.5) is 15.8 Å². The third-order valence-electron chi connectivity index (χ3n) is 2.82. The molecule has 2 aromatic carbocycles. The average Bonchev–Trinajstić information content (AvgIpc) is 2.48. The molecular weight excluding hydrogens is 271 g/mol. The zero-order chi connectivity index (χ0) is 15.1. The fourth-order valence-corrected chi connectivity index (χ4v) is 1.74. The first-order valence-electron chi connectivity index (χ1n) is 6.67. The number of hydrogen-bond acceptors (Lipinski definition) is 3. The van der Waals surface area contributed by atoms with Gasteiger partial charge < -0.3 is 15.8 Å². The first kappa shape index (κ1) is 14.8. The number of rotatable bonds is 6. The van der Waals surface area contributed by atoms with Crippen molar-refractivity contribution in [1.82, 2.24) is 0 Å². The van der Waals surface area contributed by atoms with E-state index in [9.17, 15) is 9.18 Å². The highest BCUT2D eigenvalue weighted by molar-refractivity contribution is 5.90. The minimum absolute atomic E-state index is 0.0810. The van der Waals surface area contributed by atoms with E-state index in [4.69, 9.17) is 10.5 Å². The van der Waals surface area contributed by atoms with Gasteiger partial charge in [-0.2, -0.15) is 0 Å². The molecule has 4 nitrogen and oxygen atoms in total. The SMILES string of the molecule is Nc1ccc(NC(=O)CCCOc2ccc(F)cc2)cc1. The van der Waals surface area contributed by atoms with E-state index in [1.54, 1.807) is 36.4 Å². The normalized spacial score (nSPS) is 10.1. The molecule has 0 atom stereocenters. The summed E-state index contributed by atoms with van der Waals surface area (Å²) in [4.78, 5) is 11.7. The van der Waals surface area contributed by atoms with E-state index >= 15 is 0 Å². The number of nitrogen functional groups attached to an aromatic ring is 1. The number of carbonyl (C=O) groups is 1. The molecule has 2 rings (SSSR count). The molecular formula is C16H17FN2O2. The molecule has 0 aliphatic carbocycles. The van der Waals surface area contributed by atoms with Crippen LogP contribution in [-0.4, -0.2) is 12.5 Å². The van der Waals surface area contributed by atoms with Gasteiger partial charge in [0.05, 0.1) is 6.61 Å². The van der Waals surface area contributed by atoms with Gasteiger partial charge in [0.1, 0.15) is 11.6 Å². The molecule has 110 valence electrons. The smallest absolute Gasteiger partial charge is 0.224 e. The minimum atomic E-state index is -0.301. The van der Waals surface area contributed by atoms with Crippen LogP contribution in [0.1, 0.15) is 12.8 Å². The molecule has 0 aliphatic rings. The predicted molar refractivity (Wildman–Crippen MR) is 80.6 cm³/mol. The lowest BCUT2D eigenvalue weighted by molar-refractivity contribution is -0.116. The summed E-state index contributed by atoms with van der Waals surface area (Å²) in [6.45, 7) is 0.404. The second-order valence-electron chi connectivity index (χ2n) is 4.58. The largest absolute Gasteiger partial charge is 0.494 e. The molecule has 0 bridgehead atoms. The summed E-state index contributed by atoms with van der Waals surface area (Å²) in [6.07, 6.45) is 0.934. The molecule has 0 saturated carbocycles. The Bertz CT molecular complexity index is 582. The van der Waals surface area contributed by atoms with Crippen molar-refractivity contribution < 1.29 is 13.9 Å². The Balaban J connectivity index is 1.67. The summed E-state index contributed by atoms with van der Waals surface area (Å²) in [6, 6.07) is 12.8. The summed E-state index contributed by atoms with van der Waals surface area (Å²) in [7, 11) is 0. The number of anilines is 2. The number of nitrogens with two attached hydrogens (primary N) is 1. The van der Waals surface area contributed by atoms with Gasteiger partial charge >= 0.3 is 0 Å². The van der Waals surface area contributed by atoms with Crippen molar-refractivity contribution in [2.75, 3.05) is 17.7 Å². The maximum absolute atomic E-state index is 12.7. The summed E-state index contributed by atoms with van der Waals surface area (Å²) >= 11 is 0. The molecule has 2 aromatic rings. The highest BCUT2D eigenvalue weighted by Crippen LogP contribution is 2.13. The van der Waals surface area contributed by atoms with Crippen LogP contribution in [0.2, 0.25) is 0 Å². The van der Waals surface area contributed by atoms with E-state index in [1.807, 2.05) is 0 Å². The van der Waals surface area contributed by atoms with Gasteiger partial charge in [0.15, 0.2) is 0 Å². The van der Waals surface area contributed by atoms with E-state index < -0.39 is 0 Å². The molecule has 0 fully saturated rings. The molecule has 1 amide bonds. The highest BCUT2D eigenvalue weighted by atomic mass is 19.1. The van der Waals surface area contributed by atoms with E-state index in [-0.39, 0.29) is 11.7 Å². The van der Waals surface area contributed by atoms with Crippen molar-refractivity contribution in [2.24, 2.45) is 0 Å². The van der Waals surface area contributed by atoms with E-state index in [0.717, 1.165) is 0 Å². The quantitative estimate of drug-likeness (QED) is 0.633. The summed E-state index contributed by atoms with van der Waals surface area (Å²) in [5.74, 6) is 0.211. The standard InChI is InChI=1S/C16H17FN2O2/c17-12-3-9-15(10-4-12)21-11-1-2-16(20)19-14-7-5-13(18)6-8-14/h3-10H,1-2,11,18H2,(H,19,20). The van der Waals surface area contributed by atoms with Gasteiger partial charge in [0.2, 0.25) is 5.91 Å². The van der Waals surface area contributed by atoms with Gasteiger partial charge in [-0.25, -0.2) is 4.39 Å². The van der Waals surface area contributed by atoms with Gasteiger partial charge in [0.25, 0.3) is 0 Å². The number of ether oxygens (including phenoxy) is 1. The first-order valence-corrected chi connectivity index (χ1v) is 6.67. The number of halogens is 1. The highest BCUT2D eigenvalue weighted by Gasteiger charge is 2.02. The molecule has 0 spiro atoms. The van der Waals surface area contributed by atoms with Crippen LogP contribution in [0, 0.1) is 5.82 Å². The Morgan fingerprint density at radius 2 is 1.76 bits per heavy atom. The summed E-state index contributed by atoms with van der Waals surface area (Å²) in [5, 5.41) is 2.78. The van der Waals surface area contributed by atoms with Crippen molar-refractivity contribution in [3.63, 3.8) is 0 Å². The monoisotopic (exact) mass is 288 g/mol. The molecule has 0 aliphatic heterocycles. The molecule has 0 heterocycles. The lowest BCUT2D eigenvalue weighted by Gasteiger charge is -2.07. The van der Waals surface area contributed by atoms with Crippen LogP contribution in [0.3, 0.4) is 0 Å². The van der Waals surface area contributed by atoms with Crippen LogP contribution in [0.15, 0.2) is 48.5 Å². The Morgan fingerprint density at radius 3 is 2.43 bits per heavy atom. The first-order chi connectivity index (χ1) is 10.1. The fourth-order valence-electron chi connectivity index (χ4n) is 1.74. The van der Waals surface area contributed by atoms with Crippen LogP contribution in [0.5, 0.6) is 5.75 Å². The van der Waals surface area contributed by atoms with Gasteiger partial charge in [0, 0.05) is 17.8 Å². The number of carbonyl (C=O) groups excluding carboxylic acids is 1. The third kappa shape index (κ3) is 5.14. The minimum Gasteiger partial charge on any atom is -0.494 e. The predicted octanol–water partition coefficient (Wildman–Crippen LogP) is 3.21. The lowest BCUT2D eigenvalue weighted by Crippen LogP contribution is -2.12. The zero-order valence-electron chi connectivity index (χ0n) is 11.5. The average molecular weight is 288 g/mol. The van der Waals surface area contributed by atoms with Crippen LogP contribution in [0.25, 0.3) is 0 Å². The van der Waals surface area contributed by atoms with Crippen molar-refractivity contribution >= 4 is 17.3 Å². The second kappa shape index (κ2) is 7.28. The molecule has 3 N–H and O–H groups in total. The van der Waals surface area contributed by atoms with E-state index in [2.05, 4.69) is 5.32 Å². The van der Waals surface area contributed by atoms with Gasteiger partial charge in [-0.05, 0) is 55.0 Å². The molecule has 0 unspecified atom stereocenters. The van der Waals surface area contributed by atoms with Gasteiger partial charge in [-0.15, -0.1) is 0 Å². The Morgan fingerprint density at radius 1 is 1.10 bits per heavy atom. The molecule has 0 radical (unpaired) electrons. The number of nitrogens with one attached hydrogen (secondary N) is 1. The Kier molecular flexibility index (Phi) is 5.15. The lowest BCUT2D eigenvalue weighted by atomic mass is 10.2. The topological polar surface area (TPSA) is 64.3 Å². The third-order valence-corrected chi connectivity index (χ3v) is 2.82. The number of amides is 1. The van der Waals surface area contributed by atoms with Crippen LogP contribution in [-0.2, 0) is 4.79 Å². The van der Waals surface area contributed by atoms with E-state index in [0.29, 0.717) is 36.6 Å². The molecule has 21 heavy (non-hydrogen) atoms. The van der Waals surface area contributed by atoms with Crippen molar-refractivity contribution in [3.8, 4) is 5.75 Å². The van der Waals surface area contributed by atoms with Crippen molar-refractivity contribution in [2.45, 2.75) is 12.8 Å². The Hall–Kier alpha value is -2.56. The summed E-state index contributed by atoms with van der Waals surface area (Å²) < 4.78 is 18.1. The van der Waals surface area contributed by atoms with Crippen molar-refractivity contribution in [3.05, 3.63) is 54.3 Å². The molecule has 0 aromatic heterocycles. The van der Waals surface area contributed by atoms with Crippen molar-refractivity contribution in [1.29, 1.82) is 0 Å².